The van der Waals surface area contributed by atoms with Crippen molar-refractivity contribution in [1.82, 2.24) is 4.98 Å². The van der Waals surface area contributed by atoms with Crippen LogP contribution in [0.5, 0.6) is 0 Å². The molecule has 4 nitrogen and oxygen atoms in total. The monoisotopic (exact) mass is 389 g/mol. The van der Waals surface area contributed by atoms with E-state index in [0.717, 1.165) is 12.3 Å². The zero-order valence-corrected chi connectivity index (χ0v) is 14.1. The van der Waals surface area contributed by atoms with Crippen LogP contribution in [-0.4, -0.2) is 21.8 Å². The van der Waals surface area contributed by atoms with Crippen LogP contribution in [-0.2, 0) is 4.79 Å². The van der Waals surface area contributed by atoms with E-state index in [1.165, 1.54) is 6.07 Å². The zero-order valence-electron chi connectivity index (χ0n) is 14.1. The fourth-order valence-electron chi connectivity index (χ4n) is 3.56. The average molecular weight is 389 g/mol. The van der Waals surface area contributed by atoms with Crippen molar-refractivity contribution in [3.8, 4) is 11.1 Å². The number of carboxylic acid groups (broad SMARTS) is 1. The van der Waals surface area contributed by atoms with Crippen LogP contribution in [0.4, 0.5) is 17.6 Å². The lowest BCUT2D eigenvalue weighted by Crippen LogP contribution is -2.23. The number of carboxylic acids is 1. The van der Waals surface area contributed by atoms with Crippen molar-refractivity contribution in [1.29, 1.82) is 0 Å². The number of carbonyl (C=O) groups is 2. The van der Waals surface area contributed by atoms with E-state index in [2.05, 4.69) is 4.98 Å². The summed E-state index contributed by atoms with van der Waals surface area (Å²) in [5.41, 5.74) is -1.16. The first-order chi connectivity index (χ1) is 13.3. The molecule has 1 fully saturated rings. The molecule has 1 heterocycles. The van der Waals surface area contributed by atoms with Gasteiger partial charge in [-0.2, -0.15) is 0 Å². The largest absolute Gasteiger partial charge is 0.478 e. The summed E-state index contributed by atoms with van der Waals surface area (Å²) in [6.45, 7) is 0. The molecule has 0 atom stereocenters. The summed E-state index contributed by atoms with van der Waals surface area (Å²) in [5, 5.41) is 9.65. The predicted molar refractivity (Wildman–Crippen MR) is 91.0 cm³/mol. The predicted octanol–water partition coefficient (Wildman–Crippen LogP) is 4.60. The van der Waals surface area contributed by atoms with E-state index in [4.69, 9.17) is 0 Å². The standard InChI is InChI=1S/C20H11F4NO3/c21-9-5-12(18(24)15(23)6-9)17-14(22)2-1-11-16(8-3-10(26)4-8)13(20(27)28)7-25-19(11)17/h1-2,5-8H,3-4H2,(H,27,28). The highest BCUT2D eigenvalue weighted by Crippen LogP contribution is 2.42. The summed E-state index contributed by atoms with van der Waals surface area (Å²) in [4.78, 5) is 26.9. The summed E-state index contributed by atoms with van der Waals surface area (Å²) < 4.78 is 56.2. The van der Waals surface area contributed by atoms with Gasteiger partial charge in [-0.1, -0.05) is 0 Å². The minimum Gasteiger partial charge on any atom is -0.478 e. The van der Waals surface area contributed by atoms with Gasteiger partial charge < -0.3 is 5.11 Å². The number of halogens is 4. The fraction of sp³-hybridized carbons (Fsp3) is 0.150. The molecule has 28 heavy (non-hydrogen) atoms. The number of benzene rings is 2. The van der Waals surface area contributed by atoms with Gasteiger partial charge in [0.15, 0.2) is 11.6 Å². The van der Waals surface area contributed by atoms with Gasteiger partial charge in [0.05, 0.1) is 11.1 Å². The molecule has 3 aromatic rings. The Balaban J connectivity index is 2.07. The van der Waals surface area contributed by atoms with E-state index in [-0.39, 0.29) is 40.7 Å². The van der Waals surface area contributed by atoms with Crippen LogP contribution in [0.25, 0.3) is 22.0 Å². The third-order valence-electron chi connectivity index (χ3n) is 4.88. The van der Waals surface area contributed by atoms with Crippen LogP contribution in [0.1, 0.15) is 34.7 Å². The molecule has 1 N–H and O–H groups in total. The Morgan fingerprint density at radius 3 is 2.43 bits per heavy atom. The third kappa shape index (κ3) is 2.72. The first-order valence-electron chi connectivity index (χ1n) is 8.29. The van der Waals surface area contributed by atoms with Crippen LogP contribution in [0.3, 0.4) is 0 Å². The SMILES string of the molecule is O=C1CC(c2c(C(=O)O)cnc3c(-c4cc(F)cc(F)c4F)c(F)ccc23)C1. The molecule has 0 spiro atoms. The van der Waals surface area contributed by atoms with E-state index in [9.17, 15) is 32.3 Å². The third-order valence-corrected chi connectivity index (χ3v) is 4.88. The van der Waals surface area contributed by atoms with Crippen molar-refractivity contribution >= 4 is 22.7 Å². The Bertz CT molecular complexity index is 1170. The Hall–Kier alpha value is -3.29. The van der Waals surface area contributed by atoms with Gasteiger partial charge in [-0.25, -0.2) is 22.4 Å². The molecule has 0 unspecified atom stereocenters. The van der Waals surface area contributed by atoms with Crippen LogP contribution < -0.4 is 0 Å². The van der Waals surface area contributed by atoms with Crippen molar-refractivity contribution in [2.75, 3.05) is 0 Å². The van der Waals surface area contributed by atoms with E-state index >= 15 is 0 Å². The summed E-state index contributed by atoms with van der Waals surface area (Å²) in [7, 11) is 0. The Labute approximate surface area is 155 Å². The maximum absolute atomic E-state index is 14.6. The molecular formula is C20H11F4NO3. The molecule has 4 rings (SSSR count). The quantitative estimate of drug-likeness (QED) is 0.525. The second-order valence-electron chi connectivity index (χ2n) is 6.60. The second kappa shape index (κ2) is 6.40. The normalized spacial score (nSPS) is 14.4. The lowest BCUT2D eigenvalue weighted by atomic mass is 9.75. The molecule has 2 aromatic carbocycles. The van der Waals surface area contributed by atoms with E-state index in [1.54, 1.807) is 0 Å². The van der Waals surface area contributed by atoms with E-state index in [0.29, 0.717) is 12.1 Å². The van der Waals surface area contributed by atoms with Crippen molar-refractivity contribution in [2.45, 2.75) is 18.8 Å². The van der Waals surface area contributed by atoms with Gasteiger partial charge in [0, 0.05) is 41.6 Å². The van der Waals surface area contributed by atoms with Gasteiger partial charge in [-0.05, 0) is 29.7 Å². The maximum Gasteiger partial charge on any atom is 0.337 e. The van der Waals surface area contributed by atoms with Gasteiger partial charge in [0.1, 0.15) is 17.4 Å². The molecule has 142 valence electrons. The number of hydrogen-bond donors (Lipinski definition) is 1. The van der Waals surface area contributed by atoms with Crippen molar-refractivity contribution in [3.63, 3.8) is 0 Å². The van der Waals surface area contributed by atoms with Crippen LogP contribution in [0, 0.1) is 23.3 Å². The number of pyridine rings is 1. The lowest BCUT2D eigenvalue weighted by molar-refractivity contribution is -0.124. The van der Waals surface area contributed by atoms with Crippen molar-refractivity contribution in [3.05, 3.63) is 64.9 Å². The first-order valence-corrected chi connectivity index (χ1v) is 8.29. The smallest absolute Gasteiger partial charge is 0.337 e. The highest BCUT2D eigenvalue weighted by atomic mass is 19.2. The van der Waals surface area contributed by atoms with Crippen LogP contribution in [0.15, 0.2) is 30.5 Å². The molecule has 0 bridgehead atoms. The molecule has 0 aliphatic heterocycles. The lowest BCUT2D eigenvalue weighted by Gasteiger charge is -2.27. The number of fused-ring (bicyclic) bond motifs is 1. The summed E-state index contributed by atoms with van der Waals surface area (Å²) in [6.07, 6.45) is 1.23. The summed E-state index contributed by atoms with van der Waals surface area (Å²) in [5.74, 6) is -6.74. The van der Waals surface area contributed by atoms with Crippen molar-refractivity contribution < 1.29 is 32.3 Å². The van der Waals surface area contributed by atoms with Gasteiger partial charge in [-0.15, -0.1) is 0 Å². The van der Waals surface area contributed by atoms with E-state index in [1.807, 2.05) is 0 Å². The number of aromatic nitrogens is 1. The number of aromatic carboxylic acids is 1. The van der Waals surface area contributed by atoms with Gasteiger partial charge in [0.25, 0.3) is 0 Å². The molecule has 0 radical (unpaired) electrons. The zero-order chi connectivity index (χ0) is 20.2. The molecular weight excluding hydrogens is 378 g/mol. The molecule has 8 heteroatoms. The Kier molecular flexibility index (Phi) is 4.14. The molecule has 0 saturated heterocycles. The average Bonchev–Trinajstić information content (AvgIpc) is 2.61. The number of Topliss-reactive ketones (excluding diaryl/α,β-unsaturated/α-hetero) is 1. The summed E-state index contributed by atoms with van der Waals surface area (Å²) >= 11 is 0. The van der Waals surface area contributed by atoms with E-state index < -0.39 is 46.3 Å². The highest BCUT2D eigenvalue weighted by Gasteiger charge is 2.33. The molecule has 0 amide bonds. The molecule has 1 aliphatic rings. The number of ketones is 1. The number of carbonyl (C=O) groups excluding carboxylic acids is 1. The maximum atomic E-state index is 14.6. The van der Waals surface area contributed by atoms with Gasteiger partial charge >= 0.3 is 5.97 Å². The molecule has 1 aromatic heterocycles. The second-order valence-corrected chi connectivity index (χ2v) is 6.60. The number of rotatable bonds is 3. The Morgan fingerprint density at radius 1 is 1.07 bits per heavy atom. The summed E-state index contributed by atoms with van der Waals surface area (Å²) in [6, 6.07) is 3.22. The molecule has 1 aliphatic carbocycles. The minimum absolute atomic E-state index is 0.0492. The van der Waals surface area contributed by atoms with Gasteiger partial charge in [0.2, 0.25) is 0 Å². The van der Waals surface area contributed by atoms with Crippen LogP contribution >= 0.6 is 0 Å². The highest BCUT2D eigenvalue weighted by molar-refractivity contribution is 6.03. The minimum atomic E-state index is -1.49. The van der Waals surface area contributed by atoms with Gasteiger partial charge in [-0.3, -0.25) is 9.78 Å². The Morgan fingerprint density at radius 2 is 1.79 bits per heavy atom. The van der Waals surface area contributed by atoms with Crippen molar-refractivity contribution in [2.24, 2.45) is 0 Å². The first kappa shape index (κ1) is 18.1. The number of nitrogens with zero attached hydrogens (tertiary/aromatic N) is 1. The molecule has 1 saturated carbocycles. The van der Waals surface area contributed by atoms with Crippen LogP contribution in [0.2, 0.25) is 0 Å². The fourth-order valence-corrected chi connectivity index (χ4v) is 3.56. The number of hydrogen-bond acceptors (Lipinski definition) is 3. The topological polar surface area (TPSA) is 67.3 Å².